The van der Waals surface area contributed by atoms with E-state index in [-0.39, 0.29) is 11.5 Å². The van der Waals surface area contributed by atoms with E-state index in [9.17, 15) is 4.39 Å². The first-order chi connectivity index (χ1) is 9.29. The number of aromatic nitrogens is 4. The Morgan fingerprint density at radius 2 is 2.05 bits per heavy atom. The lowest BCUT2D eigenvalue weighted by molar-refractivity contribution is 0.601. The van der Waals surface area contributed by atoms with Gasteiger partial charge >= 0.3 is 0 Å². The maximum atomic E-state index is 13.6. The number of hydrogen-bond donors (Lipinski definition) is 0. The molecule has 0 aliphatic heterocycles. The minimum atomic E-state index is -0.279. The first-order valence-corrected chi connectivity index (χ1v) is 5.59. The molecule has 2 heterocycles. The average molecular weight is 253 g/mol. The number of fused-ring (bicyclic) bond motifs is 1. The molecule has 0 bridgehead atoms. The smallest absolute Gasteiger partial charge is 0.171 e. The molecule has 92 valence electrons. The maximum absolute atomic E-state index is 13.6. The van der Waals surface area contributed by atoms with Crippen LogP contribution in [0.1, 0.15) is 11.3 Å². The molecule has 1 aromatic carbocycles. The van der Waals surface area contributed by atoms with Crippen molar-refractivity contribution in [1.82, 2.24) is 19.5 Å². The van der Waals surface area contributed by atoms with Gasteiger partial charge in [0.05, 0.1) is 12.9 Å². The Bertz CT molecular complexity index is 787. The average Bonchev–Trinajstić information content (AvgIpc) is 2.84. The van der Waals surface area contributed by atoms with E-state index < -0.39 is 0 Å². The molecule has 0 unspecified atom stereocenters. The fourth-order valence-corrected chi connectivity index (χ4v) is 1.89. The van der Waals surface area contributed by atoms with E-state index >= 15 is 0 Å². The summed E-state index contributed by atoms with van der Waals surface area (Å²) >= 11 is 0. The lowest BCUT2D eigenvalue weighted by Gasteiger charge is -2.04. The molecule has 0 saturated heterocycles. The van der Waals surface area contributed by atoms with E-state index in [1.54, 1.807) is 22.8 Å². The van der Waals surface area contributed by atoms with Crippen LogP contribution in [0.3, 0.4) is 0 Å². The molecule has 3 rings (SSSR count). The van der Waals surface area contributed by atoms with Crippen molar-refractivity contribution in [2.75, 3.05) is 0 Å². The maximum Gasteiger partial charge on any atom is 0.171 e. The molecule has 0 spiro atoms. The van der Waals surface area contributed by atoms with Crippen LogP contribution in [-0.4, -0.2) is 19.5 Å². The van der Waals surface area contributed by atoms with Gasteiger partial charge in [-0.1, -0.05) is 18.2 Å². The molecule has 0 aliphatic carbocycles. The zero-order valence-corrected chi connectivity index (χ0v) is 9.79. The molecular formula is C13H8FN5. The molecule has 5 nitrogen and oxygen atoms in total. The molecule has 0 amide bonds. The highest BCUT2D eigenvalue weighted by molar-refractivity contribution is 5.75. The fraction of sp³-hybridized carbons (Fsp3) is 0.0769. The molecule has 19 heavy (non-hydrogen) atoms. The second-order valence-electron chi connectivity index (χ2n) is 3.97. The van der Waals surface area contributed by atoms with E-state index in [0.717, 1.165) is 0 Å². The normalized spacial score (nSPS) is 10.5. The molecular weight excluding hydrogens is 245 g/mol. The van der Waals surface area contributed by atoms with Gasteiger partial charge < -0.3 is 4.57 Å². The molecule has 0 N–H and O–H groups in total. The summed E-state index contributed by atoms with van der Waals surface area (Å²) in [6.45, 7) is 0.311. The van der Waals surface area contributed by atoms with Crippen LogP contribution in [-0.2, 0) is 6.54 Å². The van der Waals surface area contributed by atoms with Gasteiger partial charge in [-0.3, -0.25) is 0 Å². The van der Waals surface area contributed by atoms with Gasteiger partial charge in [0.25, 0.3) is 0 Å². The summed E-state index contributed by atoms with van der Waals surface area (Å²) in [5, 5.41) is 8.93. The van der Waals surface area contributed by atoms with Crippen molar-refractivity contribution in [2.45, 2.75) is 6.54 Å². The predicted molar refractivity (Wildman–Crippen MR) is 65.5 cm³/mol. The van der Waals surface area contributed by atoms with Gasteiger partial charge in [-0.15, -0.1) is 0 Å². The Kier molecular flexibility index (Phi) is 2.65. The molecule has 0 saturated carbocycles. The Labute approximate surface area is 108 Å². The van der Waals surface area contributed by atoms with E-state index in [0.29, 0.717) is 23.3 Å². The highest BCUT2D eigenvalue weighted by Gasteiger charge is 2.10. The van der Waals surface area contributed by atoms with Crippen LogP contribution in [0.2, 0.25) is 0 Å². The monoisotopic (exact) mass is 253 g/mol. The first kappa shape index (κ1) is 11.3. The van der Waals surface area contributed by atoms with Crippen LogP contribution < -0.4 is 0 Å². The first-order valence-electron chi connectivity index (χ1n) is 5.59. The van der Waals surface area contributed by atoms with Crippen molar-refractivity contribution >= 4 is 11.2 Å². The van der Waals surface area contributed by atoms with E-state index in [4.69, 9.17) is 5.26 Å². The summed E-state index contributed by atoms with van der Waals surface area (Å²) in [4.78, 5) is 12.0. The van der Waals surface area contributed by atoms with E-state index in [1.165, 1.54) is 18.7 Å². The molecule has 0 aliphatic rings. The van der Waals surface area contributed by atoms with Crippen molar-refractivity contribution < 1.29 is 4.39 Å². The Morgan fingerprint density at radius 3 is 2.84 bits per heavy atom. The largest absolute Gasteiger partial charge is 0.311 e. The van der Waals surface area contributed by atoms with Crippen LogP contribution in [0.5, 0.6) is 0 Å². The number of imidazole rings is 1. The van der Waals surface area contributed by atoms with Gasteiger partial charge in [0.15, 0.2) is 11.3 Å². The standard InChI is InChI=1S/C13H8FN5/c14-10-4-2-1-3-9(10)6-19-8-18-12-11(5-15)16-7-17-13(12)19/h1-4,7-8H,6H2. The van der Waals surface area contributed by atoms with E-state index in [2.05, 4.69) is 15.0 Å². The van der Waals surface area contributed by atoms with Crippen molar-refractivity contribution in [1.29, 1.82) is 5.26 Å². The molecule has 6 heteroatoms. The van der Waals surface area contributed by atoms with Crippen molar-refractivity contribution in [3.63, 3.8) is 0 Å². The lowest BCUT2D eigenvalue weighted by Crippen LogP contribution is -2.02. The number of nitrogens with zero attached hydrogens (tertiary/aromatic N) is 5. The third-order valence-corrected chi connectivity index (χ3v) is 2.81. The van der Waals surface area contributed by atoms with E-state index in [1.807, 2.05) is 6.07 Å². The third-order valence-electron chi connectivity index (χ3n) is 2.81. The minimum Gasteiger partial charge on any atom is -0.311 e. The molecule has 0 fully saturated rings. The summed E-state index contributed by atoms with van der Waals surface area (Å²) in [7, 11) is 0. The zero-order chi connectivity index (χ0) is 13.2. The van der Waals surface area contributed by atoms with Crippen LogP contribution >= 0.6 is 0 Å². The number of benzene rings is 1. The molecule has 2 aromatic heterocycles. The van der Waals surface area contributed by atoms with Crippen LogP contribution in [0, 0.1) is 17.1 Å². The fourth-order valence-electron chi connectivity index (χ4n) is 1.89. The number of rotatable bonds is 2. The number of nitriles is 1. The quantitative estimate of drug-likeness (QED) is 0.699. The van der Waals surface area contributed by atoms with Gasteiger partial charge in [-0.2, -0.15) is 5.26 Å². The van der Waals surface area contributed by atoms with Crippen molar-refractivity contribution in [3.8, 4) is 6.07 Å². The Morgan fingerprint density at radius 1 is 1.21 bits per heavy atom. The van der Waals surface area contributed by atoms with Gasteiger partial charge in [-0.05, 0) is 6.07 Å². The molecule has 3 aromatic rings. The Hall–Kier alpha value is -2.81. The van der Waals surface area contributed by atoms with Gasteiger partial charge in [0.2, 0.25) is 0 Å². The lowest BCUT2D eigenvalue weighted by atomic mass is 10.2. The van der Waals surface area contributed by atoms with Crippen LogP contribution in [0.15, 0.2) is 36.9 Å². The highest BCUT2D eigenvalue weighted by Crippen LogP contribution is 2.15. The van der Waals surface area contributed by atoms with Gasteiger partial charge in [0.1, 0.15) is 23.7 Å². The number of hydrogen-bond acceptors (Lipinski definition) is 4. The summed E-state index contributed by atoms with van der Waals surface area (Å²) < 4.78 is 15.3. The third kappa shape index (κ3) is 1.91. The summed E-state index contributed by atoms with van der Waals surface area (Å²) in [5.74, 6) is -0.279. The van der Waals surface area contributed by atoms with Crippen molar-refractivity contribution in [3.05, 3.63) is 54.0 Å². The summed E-state index contributed by atoms with van der Waals surface area (Å²) in [6, 6.07) is 8.48. The van der Waals surface area contributed by atoms with Gasteiger partial charge in [-0.25, -0.2) is 19.3 Å². The second-order valence-corrected chi connectivity index (χ2v) is 3.97. The van der Waals surface area contributed by atoms with Gasteiger partial charge in [0, 0.05) is 5.56 Å². The van der Waals surface area contributed by atoms with Crippen LogP contribution in [0.4, 0.5) is 4.39 Å². The number of halogens is 1. The topological polar surface area (TPSA) is 67.4 Å². The summed E-state index contributed by atoms with van der Waals surface area (Å²) in [6.07, 6.45) is 2.84. The molecule has 0 atom stereocenters. The minimum absolute atomic E-state index is 0.220. The SMILES string of the molecule is N#Cc1ncnc2c1ncn2Cc1ccccc1F. The predicted octanol–water partition coefficient (Wildman–Crippen LogP) is 1.89. The Balaban J connectivity index is 2.08. The zero-order valence-electron chi connectivity index (χ0n) is 9.79. The second kappa shape index (κ2) is 4.46. The van der Waals surface area contributed by atoms with Crippen LogP contribution in [0.25, 0.3) is 11.2 Å². The highest BCUT2D eigenvalue weighted by atomic mass is 19.1. The van der Waals surface area contributed by atoms with Crippen molar-refractivity contribution in [2.24, 2.45) is 0 Å². The molecule has 0 radical (unpaired) electrons. The summed E-state index contributed by atoms with van der Waals surface area (Å²) in [5.41, 5.74) is 1.72.